The summed E-state index contributed by atoms with van der Waals surface area (Å²) in [5.41, 5.74) is 5.20. The molecule has 1 aromatic rings. The van der Waals surface area contributed by atoms with Crippen LogP contribution in [0.2, 0.25) is 0 Å². The molecule has 1 heterocycles. The molecule has 2 aliphatic carbocycles. The third-order valence-electron chi connectivity index (χ3n) is 4.04. The van der Waals surface area contributed by atoms with Crippen LogP contribution >= 0.6 is 11.8 Å². The molecule has 0 saturated heterocycles. The van der Waals surface area contributed by atoms with E-state index in [0.717, 1.165) is 25.7 Å². The third-order valence-corrected chi connectivity index (χ3v) is 5.10. The molecular formula is C15H22N6O3S. The van der Waals surface area contributed by atoms with E-state index < -0.39 is 11.3 Å². The predicted molar refractivity (Wildman–Crippen MR) is 90.8 cm³/mol. The average Bonchev–Trinajstić information content (AvgIpc) is 3.46. The van der Waals surface area contributed by atoms with Crippen molar-refractivity contribution in [3.63, 3.8) is 0 Å². The molecule has 0 bridgehead atoms. The molecule has 9 nitrogen and oxygen atoms in total. The average molecular weight is 366 g/mol. The van der Waals surface area contributed by atoms with Crippen LogP contribution in [-0.4, -0.2) is 43.9 Å². The van der Waals surface area contributed by atoms with Crippen LogP contribution < -0.4 is 16.4 Å². The Kier molecular flexibility index (Phi) is 5.26. The monoisotopic (exact) mass is 366 g/mol. The van der Waals surface area contributed by atoms with Gasteiger partial charge in [0.25, 0.3) is 0 Å². The Hall–Kier alpha value is -2.10. The Balaban J connectivity index is 1.59. The summed E-state index contributed by atoms with van der Waals surface area (Å²) < 4.78 is 1.99. The number of rotatable bonds is 8. The summed E-state index contributed by atoms with van der Waals surface area (Å²) in [7, 11) is 0. The number of hydrogen-bond acceptors (Lipinski definition) is 6. The van der Waals surface area contributed by atoms with Crippen LogP contribution in [-0.2, 0) is 16.0 Å². The molecule has 1 aromatic heterocycles. The molecular weight excluding hydrogens is 344 g/mol. The van der Waals surface area contributed by atoms with Crippen molar-refractivity contribution in [1.29, 1.82) is 0 Å². The summed E-state index contributed by atoms with van der Waals surface area (Å²) >= 11 is 1.26. The second kappa shape index (κ2) is 7.42. The molecule has 0 unspecified atom stereocenters. The van der Waals surface area contributed by atoms with Crippen LogP contribution in [0, 0.1) is 0 Å². The summed E-state index contributed by atoms with van der Waals surface area (Å²) in [6.07, 6.45) is 4.63. The van der Waals surface area contributed by atoms with Gasteiger partial charge in [-0.3, -0.25) is 14.9 Å². The van der Waals surface area contributed by atoms with Crippen LogP contribution in [0.3, 0.4) is 0 Å². The summed E-state index contributed by atoms with van der Waals surface area (Å²) in [4.78, 5) is 34.8. The quantitative estimate of drug-likeness (QED) is 0.574. The van der Waals surface area contributed by atoms with Crippen LogP contribution in [0.25, 0.3) is 0 Å². The maximum absolute atomic E-state index is 12.2. The zero-order valence-corrected chi connectivity index (χ0v) is 14.8. The minimum absolute atomic E-state index is 0.196. The molecule has 4 amide bonds. The zero-order chi connectivity index (χ0) is 18.0. The first-order valence-electron chi connectivity index (χ1n) is 8.44. The van der Waals surface area contributed by atoms with E-state index in [2.05, 4.69) is 20.8 Å². The third kappa shape index (κ3) is 4.94. The molecule has 136 valence electrons. The number of aryl methyl sites for hydroxylation is 1. The molecule has 4 N–H and O–H groups in total. The number of amides is 4. The Morgan fingerprint density at radius 2 is 2.00 bits per heavy atom. The molecule has 1 atom stereocenters. The van der Waals surface area contributed by atoms with Gasteiger partial charge in [0.05, 0.1) is 5.25 Å². The Morgan fingerprint density at radius 3 is 2.60 bits per heavy atom. The Bertz CT molecular complexity index is 683. The van der Waals surface area contributed by atoms with Crippen LogP contribution in [0.5, 0.6) is 0 Å². The lowest BCUT2D eigenvalue weighted by Gasteiger charge is -2.13. The molecule has 2 fully saturated rings. The fourth-order valence-corrected chi connectivity index (χ4v) is 3.31. The van der Waals surface area contributed by atoms with E-state index in [9.17, 15) is 14.4 Å². The highest BCUT2D eigenvalue weighted by Crippen LogP contribution is 2.39. The second-order valence-corrected chi connectivity index (χ2v) is 7.77. The van der Waals surface area contributed by atoms with Gasteiger partial charge in [-0.25, -0.2) is 4.79 Å². The molecule has 2 saturated carbocycles. The maximum Gasteiger partial charge on any atom is 0.321 e. The summed E-state index contributed by atoms with van der Waals surface area (Å²) in [5, 5.41) is 13.5. The van der Waals surface area contributed by atoms with Crippen molar-refractivity contribution >= 4 is 29.6 Å². The number of imide groups is 1. The Labute approximate surface area is 149 Å². The highest BCUT2D eigenvalue weighted by Gasteiger charge is 2.31. The van der Waals surface area contributed by atoms with E-state index in [-0.39, 0.29) is 24.3 Å². The zero-order valence-electron chi connectivity index (χ0n) is 14.0. The van der Waals surface area contributed by atoms with Gasteiger partial charge in [-0.05, 0) is 32.6 Å². The number of thioether (sulfide) groups is 1. The maximum atomic E-state index is 12.2. The van der Waals surface area contributed by atoms with Gasteiger partial charge in [0.1, 0.15) is 5.82 Å². The van der Waals surface area contributed by atoms with Gasteiger partial charge in [0.15, 0.2) is 5.16 Å². The molecule has 0 aliphatic heterocycles. The molecule has 3 rings (SSSR count). The molecule has 0 radical (unpaired) electrons. The van der Waals surface area contributed by atoms with Crippen molar-refractivity contribution in [3.05, 3.63) is 5.82 Å². The van der Waals surface area contributed by atoms with Crippen molar-refractivity contribution in [2.45, 2.75) is 67.9 Å². The fourth-order valence-electron chi connectivity index (χ4n) is 2.37. The van der Waals surface area contributed by atoms with Crippen molar-refractivity contribution in [2.24, 2.45) is 5.73 Å². The second-order valence-electron chi connectivity index (χ2n) is 6.46. The van der Waals surface area contributed by atoms with Gasteiger partial charge in [-0.15, -0.1) is 10.2 Å². The molecule has 2 aliphatic rings. The number of hydrogen-bond donors (Lipinski definition) is 3. The largest absolute Gasteiger partial charge is 0.370 e. The Morgan fingerprint density at radius 1 is 1.28 bits per heavy atom. The molecule has 25 heavy (non-hydrogen) atoms. The van der Waals surface area contributed by atoms with Crippen molar-refractivity contribution in [3.8, 4) is 0 Å². The number of nitrogens with two attached hydrogens (primary N) is 1. The smallest absolute Gasteiger partial charge is 0.321 e. The van der Waals surface area contributed by atoms with Crippen LogP contribution in [0.1, 0.15) is 50.9 Å². The van der Waals surface area contributed by atoms with Gasteiger partial charge in [0, 0.05) is 24.9 Å². The SMILES string of the molecule is C[C@H](Sc1nnc(CCC(N)=O)n1C1CC1)C(=O)NC(=O)NC1CC1. The number of nitrogens with one attached hydrogen (secondary N) is 2. The standard InChI is InChI=1S/C15H22N6O3S/c1-8(13(23)18-14(24)17-9-2-3-9)25-15-20-19-12(7-6-11(16)22)21(15)10-4-5-10/h8-10H,2-7H2,1H3,(H2,16,22)(H2,17,18,23,24)/t8-/m0/s1. The normalized spacial score (nSPS) is 17.8. The van der Waals surface area contributed by atoms with Crippen molar-refractivity contribution in [2.75, 3.05) is 0 Å². The first kappa shape index (κ1) is 17.7. The topological polar surface area (TPSA) is 132 Å². The first-order valence-corrected chi connectivity index (χ1v) is 9.32. The lowest BCUT2D eigenvalue weighted by atomic mass is 10.3. The highest BCUT2D eigenvalue weighted by atomic mass is 32.2. The number of carbonyl (C=O) groups is 3. The minimum atomic E-state index is -0.490. The number of aromatic nitrogens is 3. The van der Waals surface area contributed by atoms with Crippen molar-refractivity contribution < 1.29 is 14.4 Å². The molecule has 0 spiro atoms. The van der Waals surface area contributed by atoms with Gasteiger partial charge in [-0.2, -0.15) is 0 Å². The van der Waals surface area contributed by atoms with Gasteiger partial charge in [-0.1, -0.05) is 11.8 Å². The van der Waals surface area contributed by atoms with Crippen LogP contribution in [0.15, 0.2) is 5.16 Å². The summed E-state index contributed by atoms with van der Waals surface area (Å²) in [6.45, 7) is 1.72. The number of primary amides is 1. The van der Waals surface area contributed by atoms with Gasteiger partial charge >= 0.3 is 6.03 Å². The number of nitrogens with zero attached hydrogens (tertiary/aromatic N) is 3. The van der Waals surface area contributed by atoms with E-state index >= 15 is 0 Å². The first-order chi connectivity index (χ1) is 11.9. The summed E-state index contributed by atoms with van der Waals surface area (Å²) in [5.74, 6) is -0.0379. The lowest BCUT2D eigenvalue weighted by Crippen LogP contribution is -2.43. The van der Waals surface area contributed by atoms with E-state index in [1.165, 1.54) is 11.8 Å². The summed E-state index contributed by atoms with van der Waals surface area (Å²) in [6, 6.07) is 0.0566. The van der Waals surface area contributed by atoms with Gasteiger partial charge in [0.2, 0.25) is 11.8 Å². The number of carbonyl (C=O) groups excluding carboxylic acids is 3. The van der Waals surface area contributed by atoms with E-state index in [0.29, 0.717) is 23.4 Å². The lowest BCUT2D eigenvalue weighted by molar-refractivity contribution is -0.119. The molecule has 10 heteroatoms. The van der Waals surface area contributed by atoms with E-state index in [1.54, 1.807) is 6.92 Å². The van der Waals surface area contributed by atoms with E-state index in [1.807, 2.05) is 4.57 Å². The van der Waals surface area contributed by atoms with Crippen molar-refractivity contribution in [1.82, 2.24) is 25.4 Å². The van der Waals surface area contributed by atoms with E-state index in [4.69, 9.17) is 5.73 Å². The van der Waals surface area contributed by atoms with Gasteiger partial charge < -0.3 is 15.6 Å². The fraction of sp³-hybridized carbons (Fsp3) is 0.667. The highest BCUT2D eigenvalue weighted by molar-refractivity contribution is 8.00. The minimum Gasteiger partial charge on any atom is -0.370 e. The molecule has 0 aromatic carbocycles. The predicted octanol–water partition coefficient (Wildman–Crippen LogP) is 0.500. The van der Waals surface area contributed by atoms with Crippen LogP contribution in [0.4, 0.5) is 4.79 Å². The number of urea groups is 1.